The Morgan fingerprint density at radius 1 is 1.17 bits per heavy atom. The summed E-state index contributed by atoms with van der Waals surface area (Å²) in [6.07, 6.45) is 0.454. The number of rotatable bonds is 4. The monoisotopic (exact) mass is 456 g/mol. The molecule has 0 saturated carbocycles. The second-order valence-corrected chi connectivity index (χ2v) is 10.2. The minimum atomic E-state index is -4.19. The molecule has 0 aliphatic carbocycles. The van der Waals surface area contributed by atoms with Gasteiger partial charge >= 0.3 is 0 Å². The Morgan fingerprint density at radius 2 is 1.80 bits per heavy atom. The van der Waals surface area contributed by atoms with Gasteiger partial charge in [-0.25, -0.2) is 17.2 Å². The Labute approximate surface area is 176 Å². The van der Waals surface area contributed by atoms with E-state index < -0.39 is 38.1 Å². The van der Waals surface area contributed by atoms with E-state index in [0.29, 0.717) is 10.9 Å². The van der Waals surface area contributed by atoms with Gasteiger partial charge in [0.15, 0.2) is 0 Å². The Kier molecular flexibility index (Phi) is 6.30. The van der Waals surface area contributed by atoms with Gasteiger partial charge in [-0.3, -0.25) is 4.79 Å². The molecule has 10 heteroatoms. The van der Waals surface area contributed by atoms with Crippen molar-refractivity contribution in [2.75, 3.05) is 18.4 Å². The highest BCUT2D eigenvalue weighted by atomic mass is 32.2. The van der Waals surface area contributed by atoms with Crippen molar-refractivity contribution in [1.29, 1.82) is 0 Å². The summed E-state index contributed by atoms with van der Waals surface area (Å²) in [7, 11) is -1.91. The first-order valence-corrected chi connectivity index (χ1v) is 11.3. The summed E-state index contributed by atoms with van der Waals surface area (Å²) >= 11 is 0. The van der Waals surface area contributed by atoms with E-state index >= 15 is 0 Å². The van der Waals surface area contributed by atoms with E-state index in [4.69, 9.17) is 0 Å². The highest BCUT2D eigenvalue weighted by Crippen LogP contribution is 2.28. The van der Waals surface area contributed by atoms with Gasteiger partial charge in [0, 0.05) is 29.6 Å². The van der Waals surface area contributed by atoms with E-state index in [-0.39, 0.29) is 37.2 Å². The second kappa shape index (κ2) is 8.30. The molecule has 1 aliphatic rings. The van der Waals surface area contributed by atoms with Crippen molar-refractivity contribution < 1.29 is 27.1 Å². The van der Waals surface area contributed by atoms with Crippen LogP contribution in [-0.2, 0) is 10.0 Å². The molecule has 3 rings (SSSR count). The Bertz CT molecular complexity index is 1070. The SMILES string of the molecule is Cc1cc(NC(=O)c2ccc(F)c(S(=O)(=O)N3CCC(C)(O)CC3)c2)cc(F)c1P. The number of amides is 1. The number of hydrogen-bond acceptors (Lipinski definition) is 4. The number of anilines is 1. The van der Waals surface area contributed by atoms with Crippen molar-refractivity contribution >= 4 is 36.2 Å². The number of piperidine rings is 1. The van der Waals surface area contributed by atoms with Crippen LogP contribution in [0.15, 0.2) is 35.2 Å². The zero-order chi connectivity index (χ0) is 22.3. The summed E-state index contributed by atoms with van der Waals surface area (Å²) in [6.45, 7) is 3.40. The molecule has 1 saturated heterocycles. The van der Waals surface area contributed by atoms with Gasteiger partial charge in [-0.15, -0.1) is 9.24 Å². The summed E-state index contributed by atoms with van der Waals surface area (Å²) in [5, 5.41) is 12.9. The lowest BCUT2D eigenvalue weighted by Gasteiger charge is -2.35. The minimum Gasteiger partial charge on any atom is -0.390 e. The Hall–Kier alpha value is -1.93. The Balaban J connectivity index is 1.87. The summed E-state index contributed by atoms with van der Waals surface area (Å²) in [5.74, 6) is -2.18. The summed E-state index contributed by atoms with van der Waals surface area (Å²) in [4.78, 5) is 12.0. The zero-order valence-corrected chi connectivity index (χ0v) is 18.5. The van der Waals surface area contributed by atoms with Crippen LogP contribution < -0.4 is 10.6 Å². The molecule has 2 aromatic carbocycles. The van der Waals surface area contributed by atoms with Crippen LogP contribution in [-0.4, -0.2) is 42.4 Å². The molecule has 0 spiro atoms. The predicted octanol–water partition coefficient (Wildman–Crippen LogP) is 2.56. The van der Waals surface area contributed by atoms with Crippen molar-refractivity contribution in [2.45, 2.75) is 37.2 Å². The average molecular weight is 456 g/mol. The van der Waals surface area contributed by atoms with Gasteiger partial charge in [0.2, 0.25) is 10.0 Å². The van der Waals surface area contributed by atoms with E-state index in [9.17, 15) is 27.1 Å². The van der Waals surface area contributed by atoms with Crippen LogP contribution in [0.25, 0.3) is 0 Å². The molecule has 0 aromatic heterocycles. The third kappa shape index (κ3) is 4.70. The highest BCUT2D eigenvalue weighted by molar-refractivity contribution is 7.89. The number of sulfonamides is 1. The van der Waals surface area contributed by atoms with Crippen LogP contribution in [0.4, 0.5) is 14.5 Å². The van der Waals surface area contributed by atoms with Crippen molar-refractivity contribution in [2.24, 2.45) is 0 Å². The summed E-state index contributed by atoms with van der Waals surface area (Å²) in [6, 6.07) is 5.77. The summed E-state index contributed by atoms with van der Waals surface area (Å²) in [5.41, 5.74) is -0.231. The number of carbonyl (C=O) groups excluding carboxylic acids is 1. The van der Waals surface area contributed by atoms with Crippen molar-refractivity contribution in [3.05, 3.63) is 53.1 Å². The molecule has 1 aliphatic heterocycles. The number of aryl methyl sites for hydroxylation is 1. The van der Waals surface area contributed by atoms with Crippen LogP contribution in [0.3, 0.4) is 0 Å². The largest absolute Gasteiger partial charge is 0.390 e. The number of hydrogen-bond donors (Lipinski definition) is 2. The first kappa shape index (κ1) is 22.7. The van der Waals surface area contributed by atoms with Gasteiger partial charge in [-0.2, -0.15) is 4.31 Å². The number of nitrogens with zero attached hydrogens (tertiary/aromatic N) is 1. The molecule has 30 heavy (non-hydrogen) atoms. The summed E-state index contributed by atoms with van der Waals surface area (Å²) < 4.78 is 55.2. The molecule has 6 nitrogen and oxygen atoms in total. The molecule has 1 unspecified atom stereocenters. The van der Waals surface area contributed by atoms with Gasteiger partial charge < -0.3 is 10.4 Å². The fourth-order valence-electron chi connectivity index (χ4n) is 3.22. The van der Waals surface area contributed by atoms with Crippen LogP contribution >= 0.6 is 9.24 Å². The number of halogens is 2. The van der Waals surface area contributed by atoms with Gasteiger partial charge in [-0.05, 0) is 62.6 Å². The van der Waals surface area contributed by atoms with Gasteiger partial charge in [-0.1, -0.05) is 0 Å². The molecule has 1 amide bonds. The van der Waals surface area contributed by atoms with E-state index in [2.05, 4.69) is 14.6 Å². The van der Waals surface area contributed by atoms with E-state index in [1.807, 2.05) is 0 Å². The molecule has 2 N–H and O–H groups in total. The smallest absolute Gasteiger partial charge is 0.255 e. The molecule has 0 radical (unpaired) electrons. The molecule has 162 valence electrons. The predicted molar refractivity (Wildman–Crippen MR) is 113 cm³/mol. The average Bonchev–Trinajstić information content (AvgIpc) is 2.65. The standard InChI is InChI=1S/C20H23F2N2O4PS/c1-12-9-14(11-16(22)18(12)29)23-19(25)13-3-4-15(21)17(10-13)30(27,28)24-7-5-20(2,26)6-8-24/h3-4,9-11,26H,5-8,29H2,1-2H3,(H,23,25). The normalized spacial score (nSPS) is 17.0. The molecule has 1 atom stereocenters. The quantitative estimate of drug-likeness (QED) is 0.693. The van der Waals surface area contributed by atoms with Crippen LogP contribution in [0.2, 0.25) is 0 Å². The number of nitrogens with one attached hydrogen (secondary N) is 1. The third-order valence-electron chi connectivity index (χ3n) is 5.21. The molecule has 2 aromatic rings. The Morgan fingerprint density at radius 3 is 2.40 bits per heavy atom. The number of benzene rings is 2. The molecular weight excluding hydrogens is 433 g/mol. The second-order valence-electron chi connectivity index (χ2n) is 7.69. The van der Waals surface area contributed by atoms with Crippen molar-refractivity contribution in [3.8, 4) is 0 Å². The van der Waals surface area contributed by atoms with Crippen LogP contribution in [0, 0.1) is 18.6 Å². The molecule has 0 bridgehead atoms. The topological polar surface area (TPSA) is 86.7 Å². The van der Waals surface area contributed by atoms with Gasteiger partial charge in [0.25, 0.3) is 5.91 Å². The number of carbonyl (C=O) groups is 1. The lowest BCUT2D eigenvalue weighted by molar-refractivity contribution is 0.0125. The van der Waals surface area contributed by atoms with Crippen molar-refractivity contribution in [3.63, 3.8) is 0 Å². The first-order chi connectivity index (χ1) is 13.9. The van der Waals surface area contributed by atoms with Gasteiger partial charge in [0.05, 0.1) is 5.60 Å². The fourth-order valence-corrected chi connectivity index (χ4v) is 4.92. The highest BCUT2D eigenvalue weighted by Gasteiger charge is 2.35. The lowest BCUT2D eigenvalue weighted by atomic mass is 9.95. The minimum absolute atomic E-state index is 0.0468. The van der Waals surface area contributed by atoms with E-state index in [0.717, 1.165) is 28.6 Å². The maximum absolute atomic E-state index is 14.4. The number of aliphatic hydroxyl groups is 1. The van der Waals surface area contributed by atoms with Crippen LogP contribution in [0.1, 0.15) is 35.7 Å². The fraction of sp³-hybridized carbons (Fsp3) is 0.350. The van der Waals surface area contributed by atoms with Gasteiger partial charge in [0.1, 0.15) is 16.5 Å². The van der Waals surface area contributed by atoms with E-state index in [1.165, 1.54) is 0 Å². The molecule has 1 heterocycles. The zero-order valence-electron chi connectivity index (χ0n) is 16.6. The molecule has 1 fully saturated rings. The van der Waals surface area contributed by atoms with Crippen LogP contribution in [0.5, 0.6) is 0 Å². The maximum Gasteiger partial charge on any atom is 0.255 e. The van der Waals surface area contributed by atoms with Crippen molar-refractivity contribution in [1.82, 2.24) is 4.31 Å². The third-order valence-corrected chi connectivity index (χ3v) is 7.85. The van der Waals surface area contributed by atoms with E-state index in [1.54, 1.807) is 19.9 Å². The molecular formula is C20H23F2N2O4PS. The maximum atomic E-state index is 14.4. The lowest BCUT2D eigenvalue weighted by Crippen LogP contribution is -2.45. The first-order valence-electron chi connectivity index (χ1n) is 9.30.